The summed E-state index contributed by atoms with van der Waals surface area (Å²) in [5, 5.41) is 11.0. The first-order chi connectivity index (χ1) is 11.6. The molecule has 0 bridgehead atoms. The molecule has 3 N–H and O–H groups in total. The number of nitrogens with zero attached hydrogens (tertiary/aromatic N) is 2. The van der Waals surface area contributed by atoms with Gasteiger partial charge in [0.1, 0.15) is 12.4 Å². The van der Waals surface area contributed by atoms with Crippen LogP contribution in [0.3, 0.4) is 0 Å². The highest BCUT2D eigenvalue weighted by atomic mass is 35.5. The van der Waals surface area contributed by atoms with Crippen LogP contribution in [0.25, 0.3) is 0 Å². The van der Waals surface area contributed by atoms with Gasteiger partial charge in [0.25, 0.3) is 0 Å². The van der Waals surface area contributed by atoms with Crippen LogP contribution in [0.15, 0.2) is 18.2 Å². The maximum absolute atomic E-state index is 10.5. The molecule has 2 atom stereocenters. The third-order valence-electron chi connectivity index (χ3n) is 4.98. The van der Waals surface area contributed by atoms with Gasteiger partial charge >= 0.3 is 0 Å². The number of benzene rings is 1. The summed E-state index contributed by atoms with van der Waals surface area (Å²) in [5.74, 6) is 0.668. The minimum Gasteiger partial charge on any atom is -0.491 e. The summed E-state index contributed by atoms with van der Waals surface area (Å²) in [5.41, 5.74) is 6.93. The summed E-state index contributed by atoms with van der Waals surface area (Å²) in [7, 11) is 0. The number of aliphatic hydroxyl groups is 1. The Morgan fingerprint density at radius 2 is 1.83 bits per heavy atom. The van der Waals surface area contributed by atoms with Crippen molar-refractivity contribution in [2.45, 2.75) is 31.4 Å². The molecule has 0 spiro atoms. The zero-order valence-electron chi connectivity index (χ0n) is 14.2. The van der Waals surface area contributed by atoms with Crippen LogP contribution < -0.4 is 10.5 Å². The largest absolute Gasteiger partial charge is 0.491 e. The first-order valence-electron chi connectivity index (χ1n) is 8.94. The van der Waals surface area contributed by atoms with Crippen LogP contribution in [-0.2, 0) is 0 Å². The van der Waals surface area contributed by atoms with Gasteiger partial charge < -0.3 is 20.5 Å². The summed E-state index contributed by atoms with van der Waals surface area (Å²) in [6, 6.07) is 5.16. The molecular weight excluding hydrogens is 326 g/mol. The lowest BCUT2D eigenvalue weighted by Gasteiger charge is -2.30. The highest BCUT2D eigenvalue weighted by Crippen LogP contribution is 2.29. The van der Waals surface area contributed by atoms with Gasteiger partial charge in [-0.15, -0.1) is 0 Å². The zero-order chi connectivity index (χ0) is 16.9. The molecule has 6 heteroatoms. The van der Waals surface area contributed by atoms with Gasteiger partial charge in [0, 0.05) is 19.1 Å². The van der Waals surface area contributed by atoms with Crippen molar-refractivity contribution in [1.82, 2.24) is 9.80 Å². The second-order valence-electron chi connectivity index (χ2n) is 6.85. The average Bonchev–Trinajstić information content (AvgIpc) is 3.03. The Morgan fingerprint density at radius 1 is 1.12 bits per heavy atom. The number of ether oxygens (including phenoxy) is 1. The third-order valence-corrected chi connectivity index (χ3v) is 5.28. The SMILES string of the molecule is N[C@H](CN1CCCC1)C(O)c1ccc(OCCN2CCC2)c(Cl)c1. The molecule has 0 aliphatic carbocycles. The number of rotatable bonds is 8. The topological polar surface area (TPSA) is 62.0 Å². The molecule has 2 fully saturated rings. The molecule has 2 aliphatic rings. The monoisotopic (exact) mass is 353 g/mol. The highest BCUT2D eigenvalue weighted by Gasteiger charge is 2.22. The molecule has 0 radical (unpaired) electrons. The van der Waals surface area contributed by atoms with Crippen molar-refractivity contribution < 1.29 is 9.84 Å². The fourth-order valence-corrected chi connectivity index (χ4v) is 3.56. The predicted molar refractivity (Wildman–Crippen MR) is 96.6 cm³/mol. The Hall–Kier alpha value is -0.850. The van der Waals surface area contributed by atoms with Gasteiger partial charge in [-0.1, -0.05) is 17.7 Å². The number of aliphatic hydroxyl groups excluding tert-OH is 1. The van der Waals surface area contributed by atoms with Crippen molar-refractivity contribution in [3.8, 4) is 5.75 Å². The molecular formula is C18H28ClN3O2. The van der Waals surface area contributed by atoms with Gasteiger partial charge in [-0.05, 0) is 63.1 Å². The van der Waals surface area contributed by atoms with Crippen molar-refractivity contribution in [3.63, 3.8) is 0 Å². The van der Waals surface area contributed by atoms with Crippen LogP contribution in [0, 0.1) is 0 Å². The Balaban J connectivity index is 1.51. The quantitative estimate of drug-likeness (QED) is 0.747. The molecule has 2 aliphatic heterocycles. The number of likely N-dealkylation sites (tertiary alicyclic amines) is 2. The van der Waals surface area contributed by atoms with E-state index in [-0.39, 0.29) is 6.04 Å². The molecule has 24 heavy (non-hydrogen) atoms. The number of nitrogens with two attached hydrogens (primary N) is 1. The first kappa shape index (κ1) is 18.0. The van der Waals surface area contributed by atoms with Crippen LogP contribution in [-0.4, -0.2) is 66.8 Å². The van der Waals surface area contributed by atoms with E-state index in [1.165, 1.54) is 19.3 Å². The minimum absolute atomic E-state index is 0.308. The van der Waals surface area contributed by atoms with E-state index >= 15 is 0 Å². The highest BCUT2D eigenvalue weighted by molar-refractivity contribution is 6.32. The first-order valence-corrected chi connectivity index (χ1v) is 9.32. The molecule has 2 heterocycles. The second-order valence-corrected chi connectivity index (χ2v) is 7.26. The van der Waals surface area contributed by atoms with E-state index in [1.54, 1.807) is 6.07 Å². The zero-order valence-corrected chi connectivity index (χ0v) is 14.9. The van der Waals surface area contributed by atoms with Crippen molar-refractivity contribution in [3.05, 3.63) is 28.8 Å². The number of hydrogen-bond donors (Lipinski definition) is 2. The fraction of sp³-hybridized carbons (Fsp3) is 0.667. The Labute approximate surface area is 149 Å². The Kier molecular flexibility index (Phi) is 6.36. The Morgan fingerprint density at radius 3 is 2.46 bits per heavy atom. The molecule has 5 nitrogen and oxygen atoms in total. The smallest absolute Gasteiger partial charge is 0.137 e. The molecule has 1 aromatic rings. The van der Waals surface area contributed by atoms with Gasteiger partial charge in [0.2, 0.25) is 0 Å². The number of hydrogen-bond acceptors (Lipinski definition) is 5. The summed E-state index contributed by atoms with van der Waals surface area (Å²) >= 11 is 6.31. The van der Waals surface area contributed by atoms with E-state index < -0.39 is 6.10 Å². The van der Waals surface area contributed by atoms with Crippen LogP contribution in [0.2, 0.25) is 5.02 Å². The van der Waals surface area contributed by atoms with Crippen LogP contribution in [0.1, 0.15) is 30.9 Å². The molecule has 0 aromatic heterocycles. The molecule has 1 aromatic carbocycles. The van der Waals surface area contributed by atoms with Crippen molar-refractivity contribution in [2.24, 2.45) is 5.73 Å². The molecule has 2 saturated heterocycles. The predicted octanol–water partition coefficient (Wildman–Crippen LogP) is 1.88. The normalized spacial score (nSPS) is 21.5. The third kappa shape index (κ3) is 4.61. The minimum atomic E-state index is -0.710. The summed E-state index contributed by atoms with van der Waals surface area (Å²) in [4.78, 5) is 4.66. The average molecular weight is 354 g/mol. The Bertz CT molecular complexity index is 533. The van der Waals surface area contributed by atoms with E-state index in [0.29, 0.717) is 23.9 Å². The van der Waals surface area contributed by atoms with Gasteiger partial charge in [-0.3, -0.25) is 4.90 Å². The van der Waals surface area contributed by atoms with Crippen LogP contribution in [0.4, 0.5) is 0 Å². The van der Waals surface area contributed by atoms with Gasteiger partial charge in [0.15, 0.2) is 0 Å². The lowest BCUT2D eigenvalue weighted by molar-refractivity contribution is 0.125. The van der Waals surface area contributed by atoms with E-state index in [0.717, 1.165) is 38.3 Å². The molecule has 134 valence electrons. The maximum Gasteiger partial charge on any atom is 0.137 e. The lowest BCUT2D eigenvalue weighted by atomic mass is 10.0. The summed E-state index contributed by atoms with van der Waals surface area (Å²) < 4.78 is 5.75. The van der Waals surface area contributed by atoms with Gasteiger partial charge in [-0.2, -0.15) is 0 Å². The van der Waals surface area contributed by atoms with E-state index in [2.05, 4.69) is 9.80 Å². The van der Waals surface area contributed by atoms with Crippen molar-refractivity contribution >= 4 is 11.6 Å². The molecule has 0 saturated carbocycles. The second kappa shape index (κ2) is 8.50. The van der Waals surface area contributed by atoms with Gasteiger partial charge in [-0.25, -0.2) is 0 Å². The molecule has 1 unspecified atom stereocenters. The van der Waals surface area contributed by atoms with E-state index in [9.17, 15) is 5.11 Å². The van der Waals surface area contributed by atoms with Crippen LogP contribution >= 0.6 is 11.6 Å². The standard InChI is InChI=1S/C18H28ClN3O2/c19-15-12-14(18(23)16(20)13-22-6-1-2-7-22)4-5-17(15)24-11-10-21-8-3-9-21/h4-5,12,16,18,23H,1-3,6-11,13,20H2/t16-,18?/m1/s1. The van der Waals surface area contributed by atoms with Crippen LogP contribution in [0.5, 0.6) is 5.75 Å². The summed E-state index contributed by atoms with van der Waals surface area (Å²) in [6.07, 6.45) is 3.01. The molecule has 0 amide bonds. The summed E-state index contributed by atoms with van der Waals surface area (Å²) in [6.45, 7) is 6.76. The fourth-order valence-electron chi connectivity index (χ4n) is 3.32. The van der Waals surface area contributed by atoms with Crippen molar-refractivity contribution in [1.29, 1.82) is 0 Å². The van der Waals surface area contributed by atoms with E-state index in [4.69, 9.17) is 22.1 Å². The van der Waals surface area contributed by atoms with Crippen molar-refractivity contribution in [2.75, 3.05) is 45.9 Å². The number of halogens is 1. The lowest BCUT2D eigenvalue weighted by Crippen LogP contribution is -2.40. The van der Waals surface area contributed by atoms with Gasteiger partial charge in [0.05, 0.1) is 11.1 Å². The molecule has 3 rings (SSSR count). The van der Waals surface area contributed by atoms with E-state index in [1.807, 2.05) is 12.1 Å². The maximum atomic E-state index is 10.5.